The van der Waals surface area contributed by atoms with Crippen LogP contribution in [-0.4, -0.2) is 19.9 Å². The van der Waals surface area contributed by atoms with Crippen molar-refractivity contribution in [3.63, 3.8) is 0 Å². The van der Waals surface area contributed by atoms with Crippen LogP contribution in [0.1, 0.15) is 22.9 Å². The minimum Gasteiger partial charge on any atom is -0.388 e. The van der Waals surface area contributed by atoms with Gasteiger partial charge in [-0.3, -0.25) is 9.67 Å². The number of pyridine rings is 1. The first-order valence-electron chi connectivity index (χ1n) is 5.45. The molecule has 0 amide bonds. The average molecular weight is 331 g/mol. The zero-order chi connectivity index (χ0) is 13.3. The van der Waals surface area contributed by atoms with Gasteiger partial charge in [0, 0.05) is 41.5 Å². The highest BCUT2D eigenvalue weighted by Gasteiger charge is 2.17. The highest BCUT2D eigenvalue weighted by atomic mass is 79.9. The van der Waals surface area contributed by atoms with E-state index in [2.05, 4.69) is 26.0 Å². The fraction of sp³-hybridized carbons (Fsp3) is 0.333. The zero-order valence-electron chi connectivity index (χ0n) is 10.1. The summed E-state index contributed by atoms with van der Waals surface area (Å²) in [6.45, 7) is 1.88. The zero-order valence-corrected chi connectivity index (χ0v) is 12.4. The summed E-state index contributed by atoms with van der Waals surface area (Å²) in [4.78, 5) is 4.04. The molecule has 0 aliphatic carbocycles. The van der Waals surface area contributed by atoms with Gasteiger partial charge in [-0.25, -0.2) is 0 Å². The van der Waals surface area contributed by atoms with Crippen molar-refractivity contribution in [1.29, 1.82) is 0 Å². The summed E-state index contributed by atoms with van der Waals surface area (Å²) in [5, 5.41) is 15.0. The van der Waals surface area contributed by atoms with Gasteiger partial charge >= 0.3 is 0 Å². The molecule has 2 aromatic heterocycles. The molecule has 4 nitrogen and oxygen atoms in total. The van der Waals surface area contributed by atoms with Crippen molar-refractivity contribution < 1.29 is 5.11 Å². The molecule has 6 heteroatoms. The predicted molar refractivity (Wildman–Crippen MR) is 73.6 cm³/mol. The van der Waals surface area contributed by atoms with E-state index >= 15 is 0 Å². The largest absolute Gasteiger partial charge is 0.388 e. The molecule has 0 saturated heterocycles. The molecule has 2 aromatic rings. The fourth-order valence-corrected chi connectivity index (χ4v) is 2.46. The summed E-state index contributed by atoms with van der Waals surface area (Å²) in [5.74, 6) is 0. The number of rotatable bonds is 3. The van der Waals surface area contributed by atoms with Crippen molar-refractivity contribution in [2.24, 2.45) is 7.05 Å². The summed E-state index contributed by atoms with van der Waals surface area (Å²) < 4.78 is 2.45. The van der Waals surface area contributed by atoms with Crippen LogP contribution in [0.4, 0.5) is 0 Å². The summed E-state index contributed by atoms with van der Waals surface area (Å²) in [6, 6.07) is 1.84. The van der Waals surface area contributed by atoms with Crippen molar-refractivity contribution in [3.8, 4) is 0 Å². The number of aryl methyl sites for hydroxylation is 2. The lowest BCUT2D eigenvalue weighted by atomic mass is 10.0. The fourth-order valence-electron chi connectivity index (χ4n) is 1.83. The van der Waals surface area contributed by atoms with Gasteiger partial charge in [-0.2, -0.15) is 5.10 Å². The highest BCUT2D eigenvalue weighted by molar-refractivity contribution is 9.10. The lowest BCUT2D eigenvalue weighted by molar-refractivity contribution is 0.178. The first kappa shape index (κ1) is 13.5. The summed E-state index contributed by atoms with van der Waals surface area (Å²) in [6.07, 6.45) is 3.11. The number of hydrogen-bond acceptors (Lipinski definition) is 3. The minimum atomic E-state index is -0.643. The number of aromatic nitrogens is 3. The summed E-state index contributed by atoms with van der Waals surface area (Å²) >= 11 is 9.47. The Morgan fingerprint density at radius 2 is 2.22 bits per heavy atom. The van der Waals surface area contributed by atoms with E-state index in [9.17, 15) is 5.11 Å². The first-order valence-corrected chi connectivity index (χ1v) is 6.62. The SMILES string of the molecule is Cc1nn(C)c(Cl)c1CC(O)c1cncc(Br)c1. The highest BCUT2D eigenvalue weighted by Crippen LogP contribution is 2.26. The molecule has 1 atom stereocenters. The second-order valence-corrected chi connectivity index (χ2v) is 5.41. The third kappa shape index (κ3) is 2.74. The summed E-state index contributed by atoms with van der Waals surface area (Å²) in [5.41, 5.74) is 2.46. The molecule has 1 unspecified atom stereocenters. The van der Waals surface area contributed by atoms with Gasteiger partial charge in [0.05, 0.1) is 11.8 Å². The van der Waals surface area contributed by atoms with E-state index in [1.165, 1.54) is 0 Å². The Morgan fingerprint density at radius 1 is 1.50 bits per heavy atom. The van der Waals surface area contributed by atoms with E-state index in [1.54, 1.807) is 24.1 Å². The third-order valence-corrected chi connectivity index (χ3v) is 3.68. The van der Waals surface area contributed by atoms with Crippen molar-refractivity contribution in [3.05, 3.63) is 44.9 Å². The van der Waals surface area contributed by atoms with Gasteiger partial charge in [0.1, 0.15) is 5.15 Å². The van der Waals surface area contributed by atoms with Crippen LogP contribution in [0.15, 0.2) is 22.9 Å². The molecule has 0 aliphatic rings. The van der Waals surface area contributed by atoms with Gasteiger partial charge in [-0.05, 0) is 28.9 Å². The Balaban J connectivity index is 2.24. The van der Waals surface area contributed by atoms with Crippen LogP contribution in [-0.2, 0) is 13.5 Å². The van der Waals surface area contributed by atoms with E-state index in [0.717, 1.165) is 21.3 Å². The minimum absolute atomic E-state index is 0.427. The number of nitrogens with zero attached hydrogens (tertiary/aromatic N) is 3. The Kier molecular flexibility index (Phi) is 4.04. The monoisotopic (exact) mass is 329 g/mol. The molecule has 0 aliphatic heterocycles. The lowest BCUT2D eigenvalue weighted by Crippen LogP contribution is -2.03. The van der Waals surface area contributed by atoms with Gasteiger partial charge in [0.15, 0.2) is 0 Å². The Labute approximate surface area is 119 Å². The Hall–Kier alpha value is -0.910. The molecule has 0 aromatic carbocycles. The molecule has 1 N–H and O–H groups in total. The average Bonchev–Trinajstić information content (AvgIpc) is 2.56. The van der Waals surface area contributed by atoms with Crippen LogP contribution in [0.25, 0.3) is 0 Å². The lowest BCUT2D eigenvalue weighted by Gasteiger charge is -2.10. The van der Waals surface area contributed by atoms with Gasteiger partial charge in [-0.1, -0.05) is 11.6 Å². The molecule has 0 fully saturated rings. The number of aliphatic hydroxyl groups is 1. The number of halogens is 2. The maximum absolute atomic E-state index is 10.2. The van der Waals surface area contributed by atoms with E-state index in [0.29, 0.717) is 11.6 Å². The molecule has 96 valence electrons. The Morgan fingerprint density at radius 3 is 2.78 bits per heavy atom. The molecule has 0 radical (unpaired) electrons. The van der Waals surface area contributed by atoms with Gasteiger partial charge in [-0.15, -0.1) is 0 Å². The second-order valence-electron chi connectivity index (χ2n) is 4.13. The molecule has 0 bridgehead atoms. The molecular weight excluding hydrogens is 318 g/mol. The van der Waals surface area contributed by atoms with E-state index in [1.807, 2.05) is 13.0 Å². The molecule has 0 spiro atoms. The standard InChI is InChI=1S/C12H13BrClN3O/c1-7-10(12(14)17(2)16-7)4-11(18)8-3-9(13)6-15-5-8/h3,5-6,11,18H,4H2,1-2H3. The van der Waals surface area contributed by atoms with Gasteiger partial charge in [0.2, 0.25) is 0 Å². The number of hydrogen-bond donors (Lipinski definition) is 1. The van der Waals surface area contributed by atoms with Crippen molar-refractivity contribution in [2.75, 3.05) is 0 Å². The topological polar surface area (TPSA) is 50.9 Å². The Bertz CT molecular complexity index is 570. The molecule has 2 heterocycles. The molecule has 2 rings (SSSR count). The van der Waals surface area contributed by atoms with Gasteiger partial charge in [0.25, 0.3) is 0 Å². The van der Waals surface area contributed by atoms with E-state index in [-0.39, 0.29) is 0 Å². The molecule has 18 heavy (non-hydrogen) atoms. The van der Waals surface area contributed by atoms with Crippen LogP contribution in [0.2, 0.25) is 5.15 Å². The molecule has 0 saturated carbocycles. The van der Waals surface area contributed by atoms with Crippen molar-refractivity contribution in [2.45, 2.75) is 19.4 Å². The van der Waals surface area contributed by atoms with Crippen molar-refractivity contribution in [1.82, 2.24) is 14.8 Å². The third-order valence-electron chi connectivity index (χ3n) is 2.78. The quantitative estimate of drug-likeness (QED) is 0.941. The van der Waals surface area contributed by atoms with E-state index in [4.69, 9.17) is 11.6 Å². The van der Waals surface area contributed by atoms with E-state index < -0.39 is 6.10 Å². The van der Waals surface area contributed by atoms with Crippen molar-refractivity contribution >= 4 is 27.5 Å². The van der Waals surface area contributed by atoms with Gasteiger partial charge < -0.3 is 5.11 Å². The van der Waals surface area contributed by atoms with Crippen LogP contribution >= 0.6 is 27.5 Å². The predicted octanol–water partition coefficient (Wildman–Crippen LogP) is 2.82. The smallest absolute Gasteiger partial charge is 0.130 e. The van der Waals surface area contributed by atoms with Crippen LogP contribution in [0, 0.1) is 6.92 Å². The maximum atomic E-state index is 10.2. The summed E-state index contributed by atoms with van der Waals surface area (Å²) in [7, 11) is 1.78. The van der Waals surface area contributed by atoms with Crippen LogP contribution in [0.5, 0.6) is 0 Å². The maximum Gasteiger partial charge on any atom is 0.130 e. The van der Waals surface area contributed by atoms with Crippen LogP contribution in [0.3, 0.4) is 0 Å². The first-order chi connectivity index (χ1) is 8.49. The van der Waals surface area contributed by atoms with Crippen LogP contribution < -0.4 is 0 Å². The second kappa shape index (κ2) is 5.38. The normalized spacial score (nSPS) is 12.7. The molecular formula is C12H13BrClN3O. The number of aliphatic hydroxyl groups excluding tert-OH is 1.